The highest BCUT2D eigenvalue weighted by atomic mass is 16.5. The Morgan fingerprint density at radius 2 is 1.80 bits per heavy atom. The van der Waals surface area contributed by atoms with Crippen molar-refractivity contribution >= 4 is 11.8 Å². The third kappa shape index (κ3) is 3.54. The molecule has 30 heavy (non-hydrogen) atoms. The van der Waals surface area contributed by atoms with E-state index in [1.54, 1.807) is 0 Å². The van der Waals surface area contributed by atoms with Crippen molar-refractivity contribution in [3.05, 3.63) is 35.9 Å². The molecular weight excluding hydrogens is 378 g/mol. The van der Waals surface area contributed by atoms with Crippen molar-refractivity contribution in [2.45, 2.75) is 62.6 Å². The highest BCUT2D eigenvalue weighted by Gasteiger charge is 2.58. The van der Waals surface area contributed by atoms with Gasteiger partial charge in [-0.1, -0.05) is 30.3 Å². The van der Waals surface area contributed by atoms with E-state index in [0.717, 1.165) is 77.7 Å². The molecule has 0 saturated carbocycles. The second-order valence-corrected chi connectivity index (χ2v) is 9.35. The Bertz CT molecular complexity index is 769. The summed E-state index contributed by atoms with van der Waals surface area (Å²) in [4.78, 5) is 33.5. The minimum atomic E-state index is -0.660. The molecule has 4 heterocycles. The van der Waals surface area contributed by atoms with Gasteiger partial charge in [0.2, 0.25) is 11.8 Å². The fourth-order valence-electron chi connectivity index (χ4n) is 5.86. The first-order valence-corrected chi connectivity index (χ1v) is 11.7. The molecular formula is C24H33N3O3. The van der Waals surface area contributed by atoms with E-state index in [-0.39, 0.29) is 24.0 Å². The molecule has 6 nitrogen and oxygen atoms in total. The SMILES string of the molecule is O=C1C2CCCN2C(=O)C2(CCN(CCc3ccccc3)CC2)N1CC1CCCO1. The summed E-state index contributed by atoms with van der Waals surface area (Å²) in [6, 6.07) is 10.3. The smallest absolute Gasteiger partial charge is 0.249 e. The van der Waals surface area contributed by atoms with Gasteiger partial charge in [-0.25, -0.2) is 0 Å². The molecule has 1 spiro atoms. The van der Waals surface area contributed by atoms with Crippen molar-refractivity contribution < 1.29 is 14.3 Å². The Kier molecular flexibility index (Phi) is 5.54. The predicted molar refractivity (Wildman–Crippen MR) is 114 cm³/mol. The predicted octanol–water partition coefficient (Wildman–Crippen LogP) is 2.08. The average Bonchev–Trinajstić information content (AvgIpc) is 3.48. The molecule has 1 aromatic carbocycles. The molecule has 4 aliphatic heterocycles. The third-order valence-electron chi connectivity index (χ3n) is 7.63. The molecule has 1 aromatic rings. The number of hydrogen-bond donors (Lipinski definition) is 0. The third-order valence-corrected chi connectivity index (χ3v) is 7.63. The zero-order valence-electron chi connectivity index (χ0n) is 17.8. The molecule has 2 atom stereocenters. The zero-order chi connectivity index (χ0) is 20.6. The summed E-state index contributed by atoms with van der Waals surface area (Å²) in [5.41, 5.74) is 0.689. The standard InChI is InChI=1S/C24H33N3O3/c28-22-21-9-4-13-26(21)23(29)24(27(22)18-20-8-5-17-30-20)11-15-25(16-12-24)14-10-19-6-2-1-3-7-19/h1-3,6-7,20-21H,4-5,8-18H2. The van der Waals surface area contributed by atoms with Crippen LogP contribution in [0, 0.1) is 0 Å². The van der Waals surface area contributed by atoms with Gasteiger partial charge < -0.3 is 19.4 Å². The van der Waals surface area contributed by atoms with E-state index in [2.05, 4.69) is 29.2 Å². The molecule has 4 aliphatic rings. The molecule has 2 unspecified atom stereocenters. The lowest BCUT2D eigenvalue weighted by Crippen LogP contribution is -2.73. The molecule has 6 heteroatoms. The van der Waals surface area contributed by atoms with E-state index in [0.29, 0.717) is 6.54 Å². The lowest BCUT2D eigenvalue weighted by Gasteiger charge is -2.54. The number of ether oxygens (including phenoxy) is 1. The quantitative estimate of drug-likeness (QED) is 0.745. The largest absolute Gasteiger partial charge is 0.376 e. The van der Waals surface area contributed by atoms with Crippen LogP contribution in [0.25, 0.3) is 0 Å². The first kappa shape index (κ1) is 20.0. The maximum absolute atomic E-state index is 13.7. The Hall–Kier alpha value is -1.92. The molecule has 0 aromatic heterocycles. The van der Waals surface area contributed by atoms with Crippen LogP contribution in [0.2, 0.25) is 0 Å². The highest BCUT2D eigenvalue weighted by Crippen LogP contribution is 2.40. The van der Waals surface area contributed by atoms with Gasteiger partial charge in [0.15, 0.2) is 0 Å². The van der Waals surface area contributed by atoms with Crippen LogP contribution < -0.4 is 0 Å². The lowest BCUT2D eigenvalue weighted by atomic mass is 9.80. The molecule has 0 radical (unpaired) electrons. The van der Waals surface area contributed by atoms with Gasteiger partial charge in [-0.3, -0.25) is 9.59 Å². The molecule has 2 amide bonds. The number of piperidine rings is 1. The number of fused-ring (bicyclic) bond motifs is 1. The van der Waals surface area contributed by atoms with Gasteiger partial charge in [0, 0.05) is 39.3 Å². The number of carbonyl (C=O) groups is 2. The van der Waals surface area contributed by atoms with E-state index in [9.17, 15) is 9.59 Å². The summed E-state index contributed by atoms with van der Waals surface area (Å²) in [5.74, 6) is 0.366. The summed E-state index contributed by atoms with van der Waals surface area (Å²) in [7, 11) is 0. The van der Waals surface area contributed by atoms with Crippen molar-refractivity contribution in [3.63, 3.8) is 0 Å². The number of benzene rings is 1. The van der Waals surface area contributed by atoms with Gasteiger partial charge in [0.05, 0.1) is 6.10 Å². The number of piperazine rings is 1. The summed E-state index contributed by atoms with van der Waals surface area (Å²) < 4.78 is 5.86. The number of rotatable bonds is 5. The van der Waals surface area contributed by atoms with E-state index < -0.39 is 5.54 Å². The maximum atomic E-state index is 13.7. The van der Waals surface area contributed by atoms with Gasteiger partial charge >= 0.3 is 0 Å². The van der Waals surface area contributed by atoms with Gasteiger partial charge in [-0.15, -0.1) is 0 Å². The lowest BCUT2D eigenvalue weighted by molar-refractivity contribution is -0.174. The zero-order valence-corrected chi connectivity index (χ0v) is 17.8. The first-order valence-electron chi connectivity index (χ1n) is 11.7. The van der Waals surface area contributed by atoms with Crippen LogP contribution in [0.15, 0.2) is 30.3 Å². The highest BCUT2D eigenvalue weighted by molar-refractivity contribution is 6.00. The monoisotopic (exact) mass is 411 g/mol. The summed E-state index contributed by atoms with van der Waals surface area (Å²) in [6.45, 7) is 4.83. The van der Waals surface area contributed by atoms with Crippen LogP contribution in [0.1, 0.15) is 44.1 Å². The van der Waals surface area contributed by atoms with Crippen LogP contribution in [0.4, 0.5) is 0 Å². The van der Waals surface area contributed by atoms with Crippen LogP contribution in [0.5, 0.6) is 0 Å². The topological polar surface area (TPSA) is 53.1 Å². The summed E-state index contributed by atoms with van der Waals surface area (Å²) in [6.07, 6.45) is 6.38. The summed E-state index contributed by atoms with van der Waals surface area (Å²) >= 11 is 0. The van der Waals surface area contributed by atoms with Crippen LogP contribution in [-0.2, 0) is 20.7 Å². The summed E-state index contributed by atoms with van der Waals surface area (Å²) in [5, 5.41) is 0. The van der Waals surface area contributed by atoms with Crippen LogP contribution in [0.3, 0.4) is 0 Å². The van der Waals surface area contributed by atoms with Crippen molar-refractivity contribution in [3.8, 4) is 0 Å². The van der Waals surface area contributed by atoms with Gasteiger partial charge in [0.1, 0.15) is 11.6 Å². The average molecular weight is 412 g/mol. The van der Waals surface area contributed by atoms with E-state index in [4.69, 9.17) is 4.74 Å². The Morgan fingerprint density at radius 1 is 1.00 bits per heavy atom. The Balaban J connectivity index is 1.31. The normalized spacial score (nSPS) is 29.1. The number of carbonyl (C=O) groups excluding carboxylic acids is 2. The molecule has 0 bridgehead atoms. The van der Waals surface area contributed by atoms with Crippen molar-refractivity contribution in [1.82, 2.24) is 14.7 Å². The molecule has 4 saturated heterocycles. The molecule has 4 fully saturated rings. The molecule has 0 N–H and O–H groups in total. The number of nitrogens with zero attached hydrogens (tertiary/aromatic N) is 3. The minimum Gasteiger partial charge on any atom is -0.376 e. The maximum Gasteiger partial charge on any atom is 0.249 e. The van der Waals surface area contributed by atoms with Gasteiger partial charge in [0.25, 0.3) is 0 Å². The van der Waals surface area contributed by atoms with Crippen LogP contribution in [-0.4, -0.2) is 83.5 Å². The second kappa shape index (κ2) is 8.31. The number of hydrogen-bond acceptors (Lipinski definition) is 4. The Labute approximate surface area is 179 Å². The van der Waals surface area contributed by atoms with Crippen molar-refractivity contribution in [1.29, 1.82) is 0 Å². The fourth-order valence-corrected chi connectivity index (χ4v) is 5.86. The molecule has 5 rings (SSSR count). The van der Waals surface area contributed by atoms with Crippen molar-refractivity contribution in [2.24, 2.45) is 0 Å². The fraction of sp³-hybridized carbons (Fsp3) is 0.667. The number of amides is 2. The van der Waals surface area contributed by atoms with Crippen LogP contribution >= 0.6 is 0 Å². The van der Waals surface area contributed by atoms with E-state index in [1.165, 1.54) is 5.56 Å². The second-order valence-electron chi connectivity index (χ2n) is 9.35. The van der Waals surface area contributed by atoms with E-state index >= 15 is 0 Å². The minimum absolute atomic E-state index is 0.0858. The number of likely N-dealkylation sites (tertiary alicyclic amines) is 1. The Morgan fingerprint density at radius 3 is 2.53 bits per heavy atom. The van der Waals surface area contributed by atoms with E-state index in [1.807, 2.05) is 15.9 Å². The van der Waals surface area contributed by atoms with Gasteiger partial charge in [-0.2, -0.15) is 0 Å². The van der Waals surface area contributed by atoms with Gasteiger partial charge in [-0.05, 0) is 50.5 Å². The molecule has 0 aliphatic carbocycles. The van der Waals surface area contributed by atoms with Crippen molar-refractivity contribution in [2.75, 3.05) is 39.3 Å². The molecule has 162 valence electrons. The first-order chi connectivity index (χ1) is 14.7.